The molecule has 0 unspecified atom stereocenters. The molecule has 15 nitrogen and oxygen atoms in total. The van der Waals surface area contributed by atoms with Crippen molar-refractivity contribution in [3.8, 4) is 0 Å². The molecule has 0 bridgehead atoms. The van der Waals surface area contributed by atoms with Crippen molar-refractivity contribution >= 4 is 29.6 Å². The van der Waals surface area contributed by atoms with Crippen molar-refractivity contribution in [3.05, 3.63) is 35.9 Å². The van der Waals surface area contributed by atoms with Crippen LogP contribution in [0.25, 0.3) is 0 Å². The highest BCUT2D eigenvalue weighted by atomic mass is 16.4. The van der Waals surface area contributed by atoms with Crippen molar-refractivity contribution < 1.29 is 49.5 Å². The Morgan fingerprint density at radius 2 is 1.50 bits per heavy atom. The van der Waals surface area contributed by atoms with Crippen molar-refractivity contribution in [1.82, 2.24) is 16.0 Å². The largest absolute Gasteiger partial charge is 0.481 e. The normalized spacial score (nSPS) is 16.4. The van der Waals surface area contributed by atoms with Gasteiger partial charge in [0.2, 0.25) is 17.7 Å². The van der Waals surface area contributed by atoms with Crippen molar-refractivity contribution in [2.75, 3.05) is 6.61 Å². The van der Waals surface area contributed by atoms with Crippen LogP contribution in [0.3, 0.4) is 0 Å². The third-order valence-electron chi connectivity index (χ3n) is 6.02. The molecule has 40 heavy (non-hydrogen) atoms. The van der Waals surface area contributed by atoms with Gasteiger partial charge in [-0.2, -0.15) is 0 Å². The van der Waals surface area contributed by atoms with Crippen LogP contribution in [-0.4, -0.2) is 98.2 Å². The van der Waals surface area contributed by atoms with E-state index in [1.54, 1.807) is 37.3 Å². The Morgan fingerprint density at radius 1 is 0.875 bits per heavy atom. The smallest absolute Gasteiger partial charge is 0.305 e. The second kappa shape index (κ2) is 17.1. The van der Waals surface area contributed by atoms with Crippen molar-refractivity contribution in [2.45, 2.75) is 81.5 Å². The molecule has 12 N–H and O–H groups in total. The zero-order chi connectivity index (χ0) is 30.4. The fourth-order valence-corrected chi connectivity index (χ4v) is 3.75. The number of carboxylic acids is 1. The van der Waals surface area contributed by atoms with E-state index < -0.39 is 85.1 Å². The number of hydrogen-bond acceptors (Lipinski definition) is 10. The summed E-state index contributed by atoms with van der Waals surface area (Å²) in [6, 6.07) is 2.98. The Bertz CT molecular complexity index is 995. The number of carbonyl (C=O) groups excluding carboxylic acids is 4. The molecule has 1 rings (SSSR count). The van der Waals surface area contributed by atoms with E-state index >= 15 is 0 Å². The molecule has 0 heterocycles. The molecular formula is C25H39N5O10. The molecule has 4 amide bonds. The Hall–Kier alpha value is -3.63. The van der Waals surface area contributed by atoms with Crippen LogP contribution in [0.2, 0.25) is 0 Å². The van der Waals surface area contributed by atoms with Gasteiger partial charge in [-0.1, -0.05) is 43.7 Å². The van der Waals surface area contributed by atoms with Gasteiger partial charge in [-0.05, 0) is 18.4 Å². The van der Waals surface area contributed by atoms with Crippen LogP contribution in [0.1, 0.15) is 50.6 Å². The van der Waals surface area contributed by atoms with Gasteiger partial charge in [0.1, 0.15) is 18.2 Å². The van der Waals surface area contributed by atoms with Crippen molar-refractivity contribution in [1.29, 1.82) is 0 Å². The van der Waals surface area contributed by atoms with E-state index in [1.807, 2.05) is 0 Å². The quantitative estimate of drug-likeness (QED) is 0.0838. The fourth-order valence-electron chi connectivity index (χ4n) is 3.75. The second-order valence-electron chi connectivity index (χ2n) is 9.25. The minimum absolute atomic E-state index is 0.238. The lowest BCUT2D eigenvalue weighted by Gasteiger charge is -2.30. The van der Waals surface area contributed by atoms with Gasteiger partial charge in [0.25, 0.3) is 5.91 Å². The highest BCUT2D eigenvalue weighted by Crippen LogP contribution is 2.17. The first-order chi connectivity index (χ1) is 18.8. The molecule has 1 aromatic carbocycles. The number of benzene rings is 1. The van der Waals surface area contributed by atoms with E-state index in [0.717, 1.165) is 0 Å². The molecule has 0 aliphatic carbocycles. The van der Waals surface area contributed by atoms with E-state index in [9.17, 15) is 49.5 Å². The van der Waals surface area contributed by atoms with Crippen LogP contribution in [-0.2, 0) is 24.0 Å². The maximum absolute atomic E-state index is 12.9. The Kier molecular flexibility index (Phi) is 14.7. The fraction of sp³-hybridized carbons (Fsp3) is 0.560. The Balaban J connectivity index is 2.96. The average Bonchev–Trinajstić information content (AvgIpc) is 2.92. The third-order valence-corrected chi connectivity index (χ3v) is 6.02. The minimum atomic E-state index is -2.29. The summed E-state index contributed by atoms with van der Waals surface area (Å²) in [6.45, 7) is 0.835. The minimum Gasteiger partial charge on any atom is -0.481 e. The first-order valence-corrected chi connectivity index (χ1v) is 12.7. The summed E-state index contributed by atoms with van der Waals surface area (Å²) >= 11 is 0. The third kappa shape index (κ3) is 11.2. The van der Waals surface area contributed by atoms with Gasteiger partial charge in [0.05, 0.1) is 31.2 Å². The van der Waals surface area contributed by atoms with Gasteiger partial charge in [0.15, 0.2) is 6.10 Å². The Morgan fingerprint density at radius 3 is 2.02 bits per heavy atom. The van der Waals surface area contributed by atoms with E-state index in [0.29, 0.717) is 18.4 Å². The number of aliphatic hydroxyl groups is 4. The first kappa shape index (κ1) is 34.4. The average molecular weight is 570 g/mol. The van der Waals surface area contributed by atoms with E-state index in [1.165, 1.54) is 0 Å². The lowest BCUT2D eigenvalue weighted by Crippen LogP contribution is -2.60. The number of carbonyl (C=O) groups is 5. The molecule has 0 aliphatic heterocycles. The number of nitrogens with one attached hydrogen (secondary N) is 3. The summed E-state index contributed by atoms with van der Waals surface area (Å²) < 4.78 is 0. The predicted molar refractivity (Wildman–Crippen MR) is 140 cm³/mol. The summed E-state index contributed by atoms with van der Waals surface area (Å²) in [5, 5.41) is 57.1. The number of hydrogen-bond donors (Lipinski definition) is 10. The number of amides is 4. The van der Waals surface area contributed by atoms with Crippen LogP contribution < -0.4 is 27.4 Å². The van der Waals surface area contributed by atoms with Gasteiger partial charge in [-0.25, -0.2) is 0 Å². The van der Waals surface area contributed by atoms with E-state index in [2.05, 4.69) is 16.0 Å². The molecule has 0 fully saturated rings. The molecule has 7 atom stereocenters. The van der Waals surface area contributed by atoms with Crippen molar-refractivity contribution in [3.63, 3.8) is 0 Å². The first-order valence-electron chi connectivity index (χ1n) is 12.7. The van der Waals surface area contributed by atoms with Crippen LogP contribution >= 0.6 is 0 Å². The highest BCUT2D eigenvalue weighted by molar-refractivity contribution is 5.90. The zero-order valence-electron chi connectivity index (χ0n) is 22.1. The van der Waals surface area contributed by atoms with Gasteiger partial charge < -0.3 is 53.0 Å². The van der Waals surface area contributed by atoms with Gasteiger partial charge in [-0.3, -0.25) is 24.0 Å². The van der Waals surface area contributed by atoms with Crippen LogP contribution in [0.15, 0.2) is 30.3 Å². The standard InChI is InChI=1S/C25H39N5O10/c1-2-6-14(26)23(38)28-15(9-10-18(27)32)24(39)30-17(12-31)20(35)21(36)22(37)25(40)29-16(11-19(33)34)13-7-4-3-5-8-13/h3-5,7-8,14-17,20-22,31,35-37H,2,6,9-12,26H2,1H3,(H2,27,32)(H,28,38)(H,29,40)(H,30,39)(H,33,34)/t14-,15-,16-,17-,20+,21+,22-/m0/s1. The van der Waals surface area contributed by atoms with Gasteiger partial charge in [-0.15, -0.1) is 0 Å². The van der Waals surface area contributed by atoms with Crippen molar-refractivity contribution in [2.24, 2.45) is 11.5 Å². The molecule has 0 spiro atoms. The molecule has 15 heteroatoms. The molecular weight excluding hydrogens is 530 g/mol. The predicted octanol–water partition coefficient (Wildman–Crippen LogP) is -3.24. The second-order valence-corrected chi connectivity index (χ2v) is 9.25. The molecule has 0 saturated heterocycles. The van der Waals surface area contributed by atoms with Gasteiger partial charge >= 0.3 is 5.97 Å². The topological polar surface area (TPSA) is 275 Å². The number of nitrogens with two attached hydrogens (primary N) is 2. The lowest BCUT2D eigenvalue weighted by atomic mass is 9.98. The Labute approximate surface area is 230 Å². The SMILES string of the molecule is CCC[C@H](N)C(=O)N[C@@H](CCC(N)=O)C(=O)N[C@@H](CO)[C@@H](O)[C@@H](O)[C@H](O)C(=O)N[C@@H](CC(=O)O)c1ccccc1. The summed E-state index contributed by atoms with van der Waals surface area (Å²) in [4.78, 5) is 60.3. The number of rotatable bonds is 18. The maximum Gasteiger partial charge on any atom is 0.305 e. The number of aliphatic carboxylic acids is 1. The zero-order valence-corrected chi connectivity index (χ0v) is 22.1. The molecule has 0 aromatic heterocycles. The number of primary amides is 1. The number of aliphatic hydroxyl groups excluding tert-OH is 4. The van der Waals surface area contributed by atoms with Crippen LogP contribution in [0.4, 0.5) is 0 Å². The lowest BCUT2D eigenvalue weighted by molar-refractivity contribution is -0.145. The van der Waals surface area contributed by atoms with Gasteiger partial charge in [0, 0.05) is 6.42 Å². The number of carboxylic acid groups (broad SMARTS) is 1. The summed E-state index contributed by atoms with van der Waals surface area (Å²) in [5.41, 5.74) is 11.3. The van der Waals surface area contributed by atoms with Crippen LogP contribution in [0.5, 0.6) is 0 Å². The molecule has 1 aromatic rings. The molecule has 224 valence electrons. The summed E-state index contributed by atoms with van der Waals surface area (Å²) in [5.74, 6) is -4.88. The molecule has 0 radical (unpaired) electrons. The molecule has 0 aliphatic rings. The van der Waals surface area contributed by atoms with Crippen LogP contribution in [0, 0.1) is 0 Å². The highest BCUT2D eigenvalue weighted by Gasteiger charge is 2.37. The summed E-state index contributed by atoms with van der Waals surface area (Å²) in [6.07, 6.45) is -6.81. The maximum atomic E-state index is 12.9. The monoisotopic (exact) mass is 569 g/mol. The van der Waals surface area contributed by atoms with E-state index in [4.69, 9.17) is 11.5 Å². The van der Waals surface area contributed by atoms with E-state index in [-0.39, 0.29) is 12.8 Å². The molecule has 0 saturated carbocycles. The summed E-state index contributed by atoms with van der Waals surface area (Å²) in [7, 11) is 0.